The predicted molar refractivity (Wildman–Crippen MR) is 51.2 cm³/mol. The van der Waals surface area contributed by atoms with Crippen molar-refractivity contribution in [2.75, 3.05) is 13.1 Å². The minimum atomic E-state index is 0.744. The first-order chi connectivity index (χ1) is 6.25. The molecule has 0 aromatic carbocycles. The number of H-pyrrole nitrogens is 1. The van der Waals surface area contributed by atoms with E-state index in [0.717, 1.165) is 25.4 Å². The molecule has 3 nitrogen and oxygen atoms in total. The summed E-state index contributed by atoms with van der Waals surface area (Å²) in [7, 11) is 0. The Morgan fingerprint density at radius 3 is 3.23 bits per heavy atom. The summed E-state index contributed by atoms with van der Waals surface area (Å²) >= 11 is 0. The van der Waals surface area contributed by atoms with E-state index in [2.05, 4.69) is 35.1 Å². The van der Waals surface area contributed by atoms with Crippen LogP contribution in [0.25, 0.3) is 0 Å². The molecular weight excluding hydrogens is 162 g/mol. The minimum Gasteiger partial charge on any atom is -0.297 e. The monoisotopic (exact) mass is 178 g/mol. The molecule has 1 N–H and O–H groups in total. The first kappa shape index (κ1) is 8.75. The first-order valence-electron chi connectivity index (χ1n) is 4.92. The Bertz CT molecular complexity index is 277. The van der Waals surface area contributed by atoms with Gasteiger partial charge in [0.2, 0.25) is 0 Å². The van der Waals surface area contributed by atoms with Gasteiger partial charge in [-0.05, 0) is 12.3 Å². The molecule has 0 fully saturated rings. The molecular formula is C10H16N3. The molecule has 71 valence electrons. The highest BCUT2D eigenvalue weighted by Gasteiger charge is 2.18. The molecule has 1 aliphatic rings. The molecule has 1 aromatic rings. The maximum atomic E-state index is 3.94. The van der Waals surface area contributed by atoms with E-state index in [9.17, 15) is 0 Å². The van der Waals surface area contributed by atoms with Gasteiger partial charge in [-0.2, -0.15) is 5.10 Å². The highest BCUT2D eigenvalue weighted by molar-refractivity contribution is 5.17. The molecule has 13 heavy (non-hydrogen) atoms. The smallest absolute Gasteiger partial charge is 0.116 e. The molecule has 0 saturated carbocycles. The largest absolute Gasteiger partial charge is 0.297 e. The van der Waals surface area contributed by atoms with Gasteiger partial charge in [-0.3, -0.25) is 10.00 Å². The number of nitrogens with one attached hydrogen (secondary N) is 1. The Kier molecular flexibility index (Phi) is 2.36. The van der Waals surface area contributed by atoms with Crippen LogP contribution in [-0.4, -0.2) is 28.2 Å². The molecule has 0 bridgehead atoms. The van der Waals surface area contributed by atoms with Gasteiger partial charge >= 0.3 is 0 Å². The Morgan fingerprint density at radius 1 is 1.62 bits per heavy atom. The van der Waals surface area contributed by atoms with Gasteiger partial charge in [-0.25, -0.2) is 0 Å². The third kappa shape index (κ3) is 1.91. The van der Waals surface area contributed by atoms with E-state index >= 15 is 0 Å². The highest BCUT2D eigenvalue weighted by Crippen LogP contribution is 2.16. The van der Waals surface area contributed by atoms with E-state index in [4.69, 9.17) is 0 Å². The second-order valence-corrected chi connectivity index (χ2v) is 4.17. The first-order valence-corrected chi connectivity index (χ1v) is 4.92. The van der Waals surface area contributed by atoms with Crippen LogP contribution in [0.1, 0.15) is 25.1 Å². The van der Waals surface area contributed by atoms with Crippen molar-refractivity contribution in [1.82, 2.24) is 15.1 Å². The molecule has 0 atom stereocenters. The lowest BCUT2D eigenvalue weighted by atomic mass is 10.1. The van der Waals surface area contributed by atoms with Gasteiger partial charge in [-0.15, -0.1) is 0 Å². The zero-order valence-corrected chi connectivity index (χ0v) is 8.30. The number of nitrogens with zero attached hydrogens (tertiary/aromatic N) is 2. The highest BCUT2D eigenvalue weighted by atomic mass is 15.2. The van der Waals surface area contributed by atoms with E-state index in [-0.39, 0.29) is 0 Å². The Labute approximate surface area is 79.1 Å². The van der Waals surface area contributed by atoms with E-state index in [1.807, 2.05) is 0 Å². The van der Waals surface area contributed by atoms with Crippen molar-refractivity contribution in [2.45, 2.75) is 26.8 Å². The van der Waals surface area contributed by atoms with Crippen LogP contribution in [0.15, 0.2) is 0 Å². The second-order valence-electron chi connectivity index (χ2n) is 4.17. The van der Waals surface area contributed by atoms with E-state index in [1.165, 1.54) is 17.8 Å². The van der Waals surface area contributed by atoms with Crippen LogP contribution >= 0.6 is 0 Å². The lowest BCUT2D eigenvalue weighted by Gasteiger charge is -2.27. The van der Waals surface area contributed by atoms with Crippen LogP contribution in [0, 0.1) is 12.1 Å². The molecule has 1 radical (unpaired) electrons. The lowest BCUT2D eigenvalue weighted by Crippen LogP contribution is -2.33. The van der Waals surface area contributed by atoms with Gasteiger partial charge < -0.3 is 0 Å². The second kappa shape index (κ2) is 3.50. The molecule has 1 aliphatic heterocycles. The molecule has 1 aromatic heterocycles. The van der Waals surface area contributed by atoms with Crippen molar-refractivity contribution in [3.8, 4) is 0 Å². The van der Waals surface area contributed by atoms with Gasteiger partial charge in [0.1, 0.15) is 6.20 Å². The zero-order valence-electron chi connectivity index (χ0n) is 8.30. The maximum absolute atomic E-state index is 3.94. The van der Waals surface area contributed by atoms with Crippen molar-refractivity contribution in [1.29, 1.82) is 0 Å². The van der Waals surface area contributed by atoms with Crippen LogP contribution in [0.4, 0.5) is 0 Å². The molecule has 2 rings (SSSR count). The number of aromatic amines is 1. The van der Waals surface area contributed by atoms with Gasteiger partial charge in [0.15, 0.2) is 0 Å². The summed E-state index contributed by atoms with van der Waals surface area (Å²) in [4.78, 5) is 2.47. The molecule has 0 amide bonds. The van der Waals surface area contributed by atoms with Crippen LogP contribution in [-0.2, 0) is 13.0 Å². The lowest BCUT2D eigenvalue weighted by molar-refractivity contribution is 0.224. The maximum Gasteiger partial charge on any atom is 0.116 e. The number of hydrogen-bond acceptors (Lipinski definition) is 2. The third-order valence-electron chi connectivity index (χ3n) is 2.43. The van der Waals surface area contributed by atoms with Gasteiger partial charge in [0, 0.05) is 25.2 Å². The topological polar surface area (TPSA) is 31.9 Å². The SMILES string of the molecule is CC(C)CN1CCc2[c]n[nH]c2C1. The summed E-state index contributed by atoms with van der Waals surface area (Å²) in [5.41, 5.74) is 2.53. The van der Waals surface area contributed by atoms with Gasteiger partial charge in [-0.1, -0.05) is 13.8 Å². The van der Waals surface area contributed by atoms with Crippen molar-refractivity contribution in [3.63, 3.8) is 0 Å². The van der Waals surface area contributed by atoms with Gasteiger partial charge in [0.25, 0.3) is 0 Å². The van der Waals surface area contributed by atoms with E-state index in [0.29, 0.717) is 0 Å². The van der Waals surface area contributed by atoms with Crippen LogP contribution in [0.3, 0.4) is 0 Å². The van der Waals surface area contributed by atoms with Crippen LogP contribution in [0.2, 0.25) is 0 Å². The zero-order chi connectivity index (χ0) is 9.26. The van der Waals surface area contributed by atoms with Crippen LogP contribution < -0.4 is 0 Å². The number of rotatable bonds is 2. The standard InChI is InChI=1S/C10H16N3/c1-8(2)6-13-4-3-9-5-11-12-10(9)7-13/h8H,3-4,6-7H2,1-2H3,(H,11,12). The quantitative estimate of drug-likeness (QED) is 0.738. The summed E-state index contributed by atoms with van der Waals surface area (Å²) < 4.78 is 0. The molecule has 0 aliphatic carbocycles. The number of hydrogen-bond donors (Lipinski definition) is 1. The molecule has 0 spiro atoms. The Morgan fingerprint density at radius 2 is 2.46 bits per heavy atom. The summed E-state index contributed by atoms with van der Waals surface area (Å²) in [5, 5.41) is 6.95. The summed E-state index contributed by atoms with van der Waals surface area (Å²) in [6.45, 7) is 7.87. The normalized spacial score (nSPS) is 17.8. The average molecular weight is 178 g/mol. The van der Waals surface area contributed by atoms with Crippen molar-refractivity contribution in [3.05, 3.63) is 17.5 Å². The fraction of sp³-hybridized carbons (Fsp3) is 0.700. The molecule has 0 saturated heterocycles. The molecule has 2 heterocycles. The van der Waals surface area contributed by atoms with E-state index < -0.39 is 0 Å². The van der Waals surface area contributed by atoms with Crippen LogP contribution in [0.5, 0.6) is 0 Å². The predicted octanol–water partition coefficient (Wildman–Crippen LogP) is 1.22. The fourth-order valence-corrected chi connectivity index (χ4v) is 1.88. The molecule has 0 unspecified atom stereocenters. The van der Waals surface area contributed by atoms with Crippen molar-refractivity contribution in [2.24, 2.45) is 5.92 Å². The summed E-state index contributed by atoms with van der Waals surface area (Å²) in [6.07, 6.45) is 4.10. The van der Waals surface area contributed by atoms with Gasteiger partial charge in [0.05, 0.1) is 5.69 Å². The minimum absolute atomic E-state index is 0.744. The van der Waals surface area contributed by atoms with E-state index in [1.54, 1.807) is 0 Å². The Hall–Kier alpha value is -0.830. The third-order valence-corrected chi connectivity index (χ3v) is 2.43. The fourth-order valence-electron chi connectivity index (χ4n) is 1.88. The summed E-state index contributed by atoms with van der Waals surface area (Å²) in [5.74, 6) is 0.744. The van der Waals surface area contributed by atoms with Crippen molar-refractivity contribution >= 4 is 0 Å². The molecule has 3 heteroatoms. The number of fused-ring (bicyclic) bond motifs is 1. The summed E-state index contributed by atoms with van der Waals surface area (Å²) in [6, 6.07) is 0. The Balaban J connectivity index is 2.00. The average Bonchev–Trinajstić information content (AvgIpc) is 2.49. The van der Waals surface area contributed by atoms with Crippen molar-refractivity contribution < 1.29 is 0 Å². The number of aromatic nitrogens is 2.